The quantitative estimate of drug-likeness (QED) is 0.806. The molecule has 0 aromatic heterocycles. The molecule has 2 N–H and O–H groups in total. The number of rotatable bonds is 7. The number of unbranched alkanes of at least 4 members (excludes halogenated alkanes) is 1. The molecule has 2 atom stereocenters. The van der Waals surface area contributed by atoms with Crippen LogP contribution in [0.2, 0.25) is 0 Å². The number of piperidine rings is 1. The van der Waals surface area contributed by atoms with Crippen LogP contribution in [0.1, 0.15) is 62.7 Å². The van der Waals surface area contributed by atoms with Gasteiger partial charge in [0.15, 0.2) is 0 Å². The lowest BCUT2D eigenvalue weighted by Gasteiger charge is -2.29. The summed E-state index contributed by atoms with van der Waals surface area (Å²) in [7, 11) is 0. The lowest BCUT2D eigenvalue weighted by molar-refractivity contribution is 0.0924. The first-order valence-electron chi connectivity index (χ1n) is 9.61. The molecule has 24 heavy (non-hydrogen) atoms. The molecule has 0 radical (unpaired) electrons. The summed E-state index contributed by atoms with van der Waals surface area (Å²) in [6.07, 6.45) is 7.07. The van der Waals surface area contributed by atoms with Gasteiger partial charge in [-0.1, -0.05) is 13.3 Å². The molecule has 1 amide bonds. The Morgan fingerprint density at radius 2 is 1.83 bits per heavy atom. The second-order valence-electron chi connectivity index (χ2n) is 7.26. The van der Waals surface area contributed by atoms with E-state index in [9.17, 15) is 4.79 Å². The Kier molecular flexibility index (Phi) is 5.77. The lowest BCUT2D eigenvalue weighted by Crippen LogP contribution is -2.48. The molecule has 2 fully saturated rings. The molecule has 0 spiro atoms. The average Bonchev–Trinajstić information content (AvgIpc) is 2.94. The van der Waals surface area contributed by atoms with E-state index in [-0.39, 0.29) is 5.91 Å². The van der Waals surface area contributed by atoms with Crippen LogP contribution in [0.15, 0.2) is 24.3 Å². The van der Waals surface area contributed by atoms with E-state index in [0.29, 0.717) is 18.1 Å². The zero-order valence-electron chi connectivity index (χ0n) is 15.1. The summed E-state index contributed by atoms with van der Waals surface area (Å²) in [5.74, 6) is 0.0736. The van der Waals surface area contributed by atoms with Crippen molar-refractivity contribution in [3.8, 4) is 0 Å². The highest BCUT2D eigenvalue weighted by Gasteiger charge is 2.34. The number of carbonyl (C=O) groups excluding carboxylic acids is 1. The van der Waals surface area contributed by atoms with Crippen molar-refractivity contribution < 1.29 is 4.79 Å². The zero-order valence-corrected chi connectivity index (χ0v) is 15.1. The largest absolute Gasteiger partial charge is 0.372 e. The second-order valence-corrected chi connectivity index (χ2v) is 7.26. The topological polar surface area (TPSA) is 44.4 Å². The van der Waals surface area contributed by atoms with Crippen LogP contribution < -0.4 is 15.5 Å². The molecular weight excluding hydrogens is 298 g/mol. The maximum Gasteiger partial charge on any atom is 0.251 e. The molecule has 132 valence electrons. The summed E-state index contributed by atoms with van der Waals surface area (Å²) in [6, 6.07) is 9.64. The predicted octanol–water partition coefficient (Wildman–Crippen LogP) is 3.33. The van der Waals surface area contributed by atoms with Gasteiger partial charge in [0.1, 0.15) is 0 Å². The fourth-order valence-corrected chi connectivity index (χ4v) is 4.09. The van der Waals surface area contributed by atoms with Gasteiger partial charge in [-0.3, -0.25) is 4.79 Å². The number of benzene rings is 1. The van der Waals surface area contributed by atoms with Crippen LogP contribution in [0.4, 0.5) is 5.69 Å². The molecule has 4 nitrogen and oxygen atoms in total. The van der Waals surface area contributed by atoms with Crippen molar-refractivity contribution in [2.45, 2.75) is 70.5 Å². The van der Waals surface area contributed by atoms with Crippen molar-refractivity contribution >= 4 is 11.6 Å². The Morgan fingerprint density at radius 3 is 2.42 bits per heavy atom. The Hall–Kier alpha value is -1.55. The van der Waals surface area contributed by atoms with E-state index in [1.54, 1.807) is 0 Å². The maximum absolute atomic E-state index is 12.5. The van der Waals surface area contributed by atoms with Gasteiger partial charge in [0.2, 0.25) is 0 Å². The van der Waals surface area contributed by atoms with Crippen molar-refractivity contribution in [1.82, 2.24) is 10.6 Å². The number of fused-ring (bicyclic) bond motifs is 2. The predicted molar refractivity (Wildman–Crippen MR) is 99.7 cm³/mol. The van der Waals surface area contributed by atoms with Gasteiger partial charge in [-0.25, -0.2) is 0 Å². The number of nitrogens with one attached hydrogen (secondary N) is 2. The van der Waals surface area contributed by atoms with Crippen LogP contribution >= 0.6 is 0 Å². The fourth-order valence-electron chi connectivity index (χ4n) is 4.09. The molecule has 2 heterocycles. The molecule has 4 heteroatoms. The average molecular weight is 329 g/mol. The number of amides is 1. The Labute approximate surface area is 146 Å². The minimum absolute atomic E-state index is 0.0736. The van der Waals surface area contributed by atoms with Crippen molar-refractivity contribution in [2.75, 3.05) is 18.0 Å². The summed E-state index contributed by atoms with van der Waals surface area (Å²) in [4.78, 5) is 14.9. The number of hydrogen-bond donors (Lipinski definition) is 2. The Balaban J connectivity index is 1.57. The molecular formula is C20H31N3O. The summed E-state index contributed by atoms with van der Waals surface area (Å²) >= 11 is 0. The minimum atomic E-state index is 0.0736. The molecule has 2 saturated heterocycles. The van der Waals surface area contributed by atoms with Gasteiger partial charge in [0, 0.05) is 42.5 Å². The molecule has 2 aliphatic heterocycles. The third-order valence-electron chi connectivity index (χ3n) is 5.47. The van der Waals surface area contributed by atoms with E-state index in [0.717, 1.165) is 31.5 Å². The monoisotopic (exact) mass is 329 g/mol. The minimum Gasteiger partial charge on any atom is -0.372 e. The highest BCUT2D eigenvalue weighted by molar-refractivity contribution is 5.94. The molecule has 0 aliphatic carbocycles. The molecule has 2 unspecified atom stereocenters. The number of nitrogens with zero attached hydrogens (tertiary/aromatic N) is 1. The molecule has 1 aromatic rings. The number of hydrogen-bond acceptors (Lipinski definition) is 3. The van der Waals surface area contributed by atoms with Gasteiger partial charge in [-0.2, -0.15) is 0 Å². The van der Waals surface area contributed by atoms with Crippen molar-refractivity contribution in [3.63, 3.8) is 0 Å². The van der Waals surface area contributed by atoms with E-state index in [1.807, 2.05) is 12.1 Å². The standard InChI is InChI=1S/C20H31N3O/c1-3-5-12-23(4-2)19-10-6-15(7-11-19)20(24)22-18-13-16-8-9-17(14-18)21-16/h6-7,10-11,16-18,21H,3-5,8-9,12-14H2,1-2H3,(H,22,24). The SMILES string of the molecule is CCCCN(CC)c1ccc(C(=O)NC2CC3CCC(C2)N3)cc1. The highest BCUT2D eigenvalue weighted by Crippen LogP contribution is 2.27. The van der Waals surface area contributed by atoms with E-state index >= 15 is 0 Å². The van der Waals surface area contributed by atoms with Crippen LogP contribution in [-0.4, -0.2) is 37.1 Å². The normalized spacial score (nSPS) is 25.5. The number of anilines is 1. The van der Waals surface area contributed by atoms with Crippen molar-refractivity contribution in [1.29, 1.82) is 0 Å². The summed E-state index contributed by atoms with van der Waals surface area (Å²) in [6.45, 7) is 6.48. The first kappa shape index (κ1) is 17.3. The van der Waals surface area contributed by atoms with Crippen molar-refractivity contribution in [2.24, 2.45) is 0 Å². The van der Waals surface area contributed by atoms with E-state index in [2.05, 4.69) is 41.5 Å². The summed E-state index contributed by atoms with van der Waals surface area (Å²) in [5.41, 5.74) is 1.98. The van der Waals surface area contributed by atoms with Gasteiger partial charge in [0.25, 0.3) is 5.91 Å². The Morgan fingerprint density at radius 1 is 1.17 bits per heavy atom. The van der Waals surface area contributed by atoms with Gasteiger partial charge >= 0.3 is 0 Å². The van der Waals surface area contributed by atoms with Crippen LogP contribution in [-0.2, 0) is 0 Å². The van der Waals surface area contributed by atoms with Crippen LogP contribution in [0.5, 0.6) is 0 Å². The van der Waals surface area contributed by atoms with Crippen LogP contribution in [0.25, 0.3) is 0 Å². The zero-order chi connectivity index (χ0) is 16.9. The molecule has 2 aliphatic rings. The maximum atomic E-state index is 12.5. The van der Waals surface area contributed by atoms with E-state index < -0.39 is 0 Å². The summed E-state index contributed by atoms with van der Waals surface area (Å²) in [5, 5.41) is 6.86. The van der Waals surface area contributed by atoms with E-state index in [1.165, 1.54) is 31.4 Å². The Bertz CT molecular complexity index is 530. The van der Waals surface area contributed by atoms with Crippen molar-refractivity contribution in [3.05, 3.63) is 29.8 Å². The first-order chi connectivity index (χ1) is 11.7. The third-order valence-corrected chi connectivity index (χ3v) is 5.47. The highest BCUT2D eigenvalue weighted by atomic mass is 16.1. The third kappa shape index (κ3) is 4.10. The van der Waals surface area contributed by atoms with Gasteiger partial charge in [-0.05, 0) is 63.3 Å². The molecule has 1 aromatic carbocycles. The van der Waals surface area contributed by atoms with E-state index in [4.69, 9.17) is 0 Å². The smallest absolute Gasteiger partial charge is 0.251 e. The fraction of sp³-hybridized carbons (Fsp3) is 0.650. The van der Waals surface area contributed by atoms with Crippen LogP contribution in [0.3, 0.4) is 0 Å². The van der Waals surface area contributed by atoms with Gasteiger partial charge in [-0.15, -0.1) is 0 Å². The molecule has 2 bridgehead atoms. The van der Waals surface area contributed by atoms with Gasteiger partial charge < -0.3 is 15.5 Å². The lowest BCUT2D eigenvalue weighted by atomic mass is 9.99. The molecule has 0 saturated carbocycles. The first-order valence-corrected chi connectivity index (χ1v) is 9.61. The molecule has 3 rings (SSSR count). The number of carbonyl (C=O) groups is 1. The van der Waals surface area contributed by atoms with Gasteiger partial charge in [0.05, 0.1) is 0 Å². The van der Waals surface area contributed by atoms with Crippen LogP contribution in [0, 0.1) is 0 Å². The second kappa shape index (κ2) is 8.02. The summed E-state index contributed by atoms with van der Waals surface area (Å²) < 4.78 is 0.